The molecule has 1 aliphatic heterocycles. The molecule has 3 heterocycles. The van der Waals surface area contributed by atoms with Gasteiger partial charge in [-0.15, -0.1) is 0 Å². The van der Waals surface area contributed by atoms with E-state index in [1.165, 1.54) is 36.5 Å². The highest BCUT2D eigenvalue weighted by molar-refractivity contribution is 6.04. The molecule has 0 unspecified atom stereocenters. The number of rotatable bonds is 2. The number of nitrogens with one attached hydrogen (secondary N) is 3. The Bertz CT molecular complexity index is 1660. The Labute approximate surface area is 211 Å². The van der Waals surface area contributed by atoms with Gasteiger partial charge in [0.15, 0.2) is 0 Å². The monoisotopic (exact) mass is 473 g/mol. The van der Waals surface area contributed by atoms with Gasteiger partial charge in [-0.3, -0.25) is 0 Å². The number of aromatic nitrogens is 4. The van der Waals surface area contributed by atoms with E-state index in [-0.39, 0.29) is 0 Å². The van der Waals surface area contributed by atoms with Gasteiger partial charge in [0.05, 0.1) is 28.1 Å². The number of imidazole rings is 2. The van der Waals surface area contributed by atoms with Gasteiger partial charge >= 0.3 is 0 Å². The van der Waals surface area contributed by atoms with Crippen LogP contribution in [0.2, 0.25) is 0 Å². The fraction of sp³-hybridized carbons (Fsp3) is 0.355. The maximum atomic E-state index is 4.98. The number of hydrogen-bond donors (Lipinski definition) is 3. The lowest BCUT2D eigenvalue weighted by molar-refractivity contribution is 0.565. The topological polar surface area (TPSA) is 69.4 Å². The Balaban J connectivity index is 1.16. The summed E-state index contributed by atoms with van der Waals surface area (Å²) in [6.45, 7) is 4.58. The van der Waals surface area contributed by atoms with Crippen LogP contribution in [0.15, 0.2) is 48.5 Å². The van der Waals surface area contributed by atoms with Crippen molar-refractivity contribution in [3.05, 3.63) is 71.3 Å². The number of nitrogens with zero attached hydrogens (tertiary/aromatic N) is 2. The van der Waals surface area contributed by atoms with Crippen molar-refractivity contribution < 1.29 is 0 Å². The summed E-state index contributed by atoms with van der Waals surface area (Å²) in [4.78, 5) is 16.9. The minimum Gasteiger partial charge on any atom is -0.342 e. The summed E-state index contributed by atoms with van der Waals surface area (Å²) in [5, 5.41) is 5.96. The molecule has 3 aromatic carbocycles. The van der Waals surface area contributed by atoms with Crippen molar-refractivity contribution in [2.24, 2.45) is 5.92 Å². The highest BCUT2D eigenvalue weighted by atomic mass is 15.1. The third-order valence-corrected chi connectivity index (χ3v) is 8.12. The number of hydrogen-bond acceptors (Lipinski definition) is 3. The number of H-pyrrole nitrogens is 2. The maximum Gasteiger partial charge on any atom is 0.124 e. The quantitative estimate of drug-likeness (QED) is 0.250. The molecule has 0 amide bonds. The van der Waals surface area contributed by atoms with E-state index >= 15 is 0 Å². The Hall–Kier alpha value is -3.62. The van der Waals surface area contributed by atoms with Crippen LogP contribution in [0.5, 0.6) is 0 Å². The molecule has 0 radical (unpaired) electrons. The fourth-order valence-corrected chi connectivity index (χ4v) is 6.11. The van der Waals surface area contributed by atoms with Crippen LogP contribution in [0, 0.1) is 17.8 Å². The summed E-state index contributed by atoms with van der Waals surface area (Å²) in [6.07, 6.45) is 6.09. The molecule has 2 aromatic heterocycles. The minimum atomic E-state index is 0.317. The summed E-state index contributed by atoms with van der Waals surface area (Å²) in [5.74, 6) is 10.3. The van der Waals surface area contributed by atoms with E-state index in [2.05, 4.69) is 89.5 Å². The van der Waals surface area contributed by atoms with Crippen LogP contribution < -0.4 is 5.32 Å². The van der Waals surface area contributed by atoms with Gasteiger partial charge in [-0.1, -0.05) is 30.9 Å². The van der Waals surface area contributed by atoms with E-state index in [0.29, 0.717) is 18.0 Å². The predicted molar refractivity (Wildman–Crippen MR) is 146 cm³/mol. The van der Waals surface area contributed by atoms with Crippen LogP contribution >= 0.6 is 0 Å². The third kappa shape index (κ3) is 3.86. The first kappa shape index (κ1) is 21.6. The molecule has 1 saturated heterocycles. The van der Waals surface area contributed by atoms with Crippen LogP contribution in [-0.2, 0) is 0 Å². The number of aromatic amines is 2. The van der Waals surface area contributed by atoms with Gasteiger partial charge in [-0.05, 0) is 86.7 Å². The summed E-state index contributed by atoms with van der Waals surface area (Å²) >= 11 is 0. The van der Waals surface area contributed by atoms with E-state index in [0.717, 1.165) is 57.2 Å². The SMILES string of the molecule is C[C@H]1CC[C@@H](c2nc3ccc(C#Cc4ccc5c(ccc6[nH]c([C@@H]7CC[C@H](C)N7)nc65)c4)cc3[nH]2)C1. The summed E-state index contributed by atoms with van der Waals surface area (Å²) < 4.78 is 0. The van der Waals surface area contributed by atoms with E-state index in [9.17, 15) is 0 Å². The molecule has 5 aromatic rings. The van der Waals surface area contributed by atoms with Crippen LogP contribution in [0.3, 0.4) is 0 Å². The zero-order valence-electron chi connectivity index (χ0n) is 20.9. The van der Waals surface area contributed by atoms with Crippen LogP contribution in [0.1, 0.15) is 80.7 Å². The Kier molecular flexibility index (Phi) is 5.11. The van der Waals surface area contributed by atoms with E-state index in [1.807, 2.05) is 0 Å². The molecule has 4 atom stereocenters. The highest BCUT2D eigenvalue weighted by Gasteiger charge is 2.26. The van der Waals surface area contributed by atoms with Crippen molar-refractivity contribution in [2.45, 2.75) is 64.0 Å². The maximum absolute atomic E-state index is 4.98. The Morgan fingerprint density at radius 2 is 1.61 bits per heavy atom. The summed E-state index contributed by atoms with van der Waals surface area (Å²) in [5.41, 5.74) is 6.26. The van der Waals surface area contributed by atoms with E-state index < -0.39 is 0 Å². The van der Waals surface area contributed by atoms with E-state index in [1.54, 1.807) is 0 Å². The first-order valence-corrected chi connectivity index (χ1v) is 13.3. The standard InChI is InChI=1S/C31H31N5/c1-18-3-9-23(15-18)30-33-25-13-8-21(17-28(25)35-30)6-5-20-7-11-24-22(16-20)10-14-26-29(24)36-31(34-26)27-12-4-19(2)32-27/h7-8,10-11,13-14,16-19,23,27,32H,3-4,9,12,15H2,1-2H3,(H,33,35)(H,34,36)/t18-,19-,23+,27-/m0/s1. The molecule has 180 valence electrons. The lowest BCUT2D eigenvalue weighted by atomic mass is 10.1. The third-order valence-electron chi connectivity index (χ3n) is 8.12. The molecule has 0 spiro atoms. The van der Waals surface area contributed by atoms with Crippen molar-refractivity contribution in [3.8, 4) is 11.8 Å². The molecule has 1 aliphatic carbocycles. The smallest absolute Gasteiger partial charge is 0.124 e. The second-order valence-corrected chi connectivity index (χ2v) is 10.9. The molecule has 5 nitrogen and oxygen atoms in total. The highest BCUT2D eigenvalue weighted by Crippen LogP contribution is 2.37. The fourth-order valence-electron chi connectivity index (χ4n) is 6.11. The molecular weight excluding hydrogens is 442 g/mol. The normalized spacial score (nSPS) is 24.1. The summed E-state index contributed by atoms with van der Waals surface area (Å²) in [6, 6.07) is 17.9. The molecule has 2 fully saturated rings. The van der Waals surface area contributed by atoms with Gasteiger partial charge in [-0.25, -0.2) is 9.97 Å². The Morgan fingerprint density at radius 1 is 0.778 bits per heavy atom. The van der Waals surface area contributed by atoms with Crippen molar-refractivity contribution in [1.29, 1.82) is 0 Å². The second kappa shape index (κ2) is 8.50. The average molecular weight is 474 g/mol. The molecule has 3 N–H and O–H groups in total. The van der Waals surface area contributed by atoms with Crippen LogP contribution in [-0.4, -0.2) is 26.0 Å². The number of fused-ring (bicyclic) bond motifs is 4. The van der Waals surface area contributed by atoms with Crippen LogP contribution in [0.4, 0.5) is 0 Å². The second-order valence-electron chi connectivity index (χ2n) is 10.9. The summed E-state index contributed by atoms with van der Waals surface area (Å²) in [7, 11) is 0. The predicted octanol–water partition coefficient (Wildman–Crippen LogP) is 6.71. The van der Waals surface area contributed by atoms with Gasteiger partial charge in [-0.2, -0.15) is 0 Å². The minimum absolute atomic E-state index is 0.317. The van der Waals surface area contributed by atoms with Gasteiger partial charge in [0.25, 0.3) is 0 Å². The van der Waals surface area contributed by atoms with Crippen molar-refractivity contribution in [3.63, 3.8) is 0 Å². The van der Waals surface area contributed by atoms with Crippen molar-refractivity contribution >= 4 is 32.8 Å². The molecule has 0 bridgehead atoms. The van der Waals surface area contributed by atoms with Gasteiger partial charge in [0.2, 0.25) is 0 Å². The first-order valence-electron chi connectivity index (χ1n) is 13.3. The zero-order valence-corrected chi connectivity index (χ0v) is 20.9. The number of benzene rings is 3. The van der Waals surface area contributed by atoms with Crippen molar-refractivity contribution in [2.75, 3.05) is 0 Å². The zero-order chi connectivity index (χ0) is 24.2. The molecular formula is C31H31N5. The lowest BCUT2D eigenvalue weighted by Gasteiger charge is -2.07. The lowest BCUT2D eigenvalue weighted by Crippen LogP contribution is -2.21. The molecule has 1 saturated carbocycles. The van der Waals surface area contributed by atoms with E-state index in [4.69, 9.17) is 9.97 Å². The van der Waals surface area contributed by atoms with Crippen LogP contribution in [0.25, 0.3) is 32.8 Å². The average Bonchev–Trinajstić information content (AvgIpc) is 3.67. The van der Waals surface area contributed by atoms with Gasteiger partial charge in [0, 0.05) is 28.5 Å². The molecule has 5 heteroatoms. The largest absolute Gasteiger partial charge is 0.342 e. The molecule has 2 aliphatic rings. The van der Waals surface area contributed by atoms with Gasteiger partial charge < -0.3 is 15.3 Å². The van der Waals surface area contributed by atoms with Crippen molar-refractivity contribution in [1.82, 2.24) is 25.3 Å². The van der Waals surface area contributed by atoms with Gasteiger partial charge in [0.1, 0.15) is 11.6 Å². The Morgan fingerprint density at radius 3 is 2.42 bits per heavy atom. The molecule has 7 rings (SSSR count). The first-order chi connectivity index (χ1) is 17.6. The molecule has 36 heavy (non-hydrogen) atoms.